The first-order valence-electron chi connectivity index (χ1n) is 14.7. The standard InChI is InChI=1S/C32H37F2N5O2/c33-25-14-23(15-26(34)16-25)29-17-27(35)9-13-39(29)31(41)37-12-8-24(32(20-37)10-4-5-11-32)19-38-21-36-28(18-30(38)40)22-6-2-1-3-7-22/h1-3,6-7,14-16,18,21,24,27,29H,4-5,8-13,17,19-20,35H2/t24-,27+,29-/m0/s1. The van der Waals surface area contributed by atoms with Crippen LogP contribution in [0, 0.1) is 23.0 Å². The highest BCUT2D eigenvalue weighted by atomic mass is 19.1. The van der Waals surface area contributed by atoms with Gasteiger partial charge in [0.15, 0.2) is 0 Å². The van der Waals surface area contributed by atoms with Gasteiger partial charge in [0.05, 0.1) is 18.1 Å². The van der Waals surface area contributed by atoms with Crippen LogP contribution in [-0.2, 0) is 6.54 Å². The molecule has 2 N–H and O–H groups in total. The van der Waals surface area contributed by atoms with Crippen molar-refractivity contribution in [3.63, 3.8) is 0 Å². The molecule has 2 amide bonds. The van der Waals surface area contributed by atoms with Crippen molar-refractivity contribution >= 4 is 6.03 Å². The van der Waals surface area contributed by atoms with Crippen LogP contribution >= 0.6 is 0 Å². The number of nitrogens with two attached hydrogens (primary N) is 1. The van der Waals surface area contributed by atoms with E-state index in [1.807, 2.05) is 35.2 Å². The summed E-state index contributed by atoms with van der Waals surface area (Å²) in [6.07, 6.45) is 7.77. The van der Waals surface area contributed by atoms with Crippen molar-refractivity contribution in [2.24, 2.45) is 17.1 Å². The molecule has 0 radical (unpaired) electrons. The quantitative estimate of drug-likeness (QED) is 0.465. The summed E-state index contributed by atoms with van der Waals surface area (Å²) < 4.78 is 29.9. The Kier molecular flexibility index (Phi) is 7.64. The van der Waals surface area contributed by atoms with Crippen LogP contribution < -0.4 is 11.3 Å². The Hall–Kier alpha value is -3.59. The van der Waals surface area contributed by atoms with Gasteiger partial charge >= 0.3 is 6.03 Å². The van der Waals surface area contributed by atoms with E-state index < -0.39 is 17.7 Å². The summed E-state index contributed by atoms with van der Waals surface area (Å²) in [5, 5.41) is 0. The molecule has 0 unspecified atom stereocenters. The number of aromatic nitrogens is 2. The van der Waals surface area contributed by atoms with Gasteiger partial charge in [-0.2, -0.15) is 0 Å². The Bertz CT molecular complexity index is 1440. The molecule has 0 bridgehead atoms. The molecule has 216 valence electrons. The van der Waals surface area contributed by atoms with Crippen LogP contribution in [0.3, 0.4) is 0 Å². The van der Waals surface area contributed by atoms with E-state index in [1.165, 1.54) is 12.1 Å². The third-order valence-electron chi connectivity index (χ3n) is 9.51. The van der Waals surface area contributed by atoms with Crippen molar-refractivity contribution in [2.75, 3.05) is 19.6 Å². The molecule has 3 fully saturated rings. The van der Waals surface area contributed by atoms with Gasteiger partial charge in [-0.1, -0.05) is 43.2 Å². The molecule has 7 nitrogen and oxygen atoms in total. The van der Waals surface area contributed by atoms with Gasteiger partial charge < -0.3 is 15.5 Å². The average molecular weight is 562 g/mol. The zero-order chi connectivity index (χ0) is 28.6. The Morgan fingerprint density at radius 2 is 1.73 bits per heavy atom. The second kappa shape index (κ2) is 11.4. The number of halogens is 2. The molecule has 3 atom stereocenters. The summed E-state index contributed by atoms with van der Waals surface area (Å²) >= 11 is 0. The maximum Gasteiger partial charge on any atom is 0.320 e. The van der Waals surface area contributed by atoms with Crippen molar-refractivity contribution in [2.45, 2.75) is 63.6 Å². The monoisotopic (exact) mass is 561 g/mol. The number of carbonyl (C=O) groups is 1. The molecule has 2 aromatic carbocycles. The SMILES string of the molecule is N[C@@H]1CCN(C(=O)N2CC[C@@H](Cn3cnc(-c4ccccc4)cc3=O)C3(CCCC3)C2)[C@H](c2cc(F)cc(F)c2)C1. The van der Waals surface area contributed by atoms with E-state index >= 15 is 0 Å². The summed E-state index contributed by atoms with van der Waals surface area (Å²) in [6.45, 7) is 2.22. The smallest absolute Gasteiger partial charge is 0.320 e. The Morgan fingerprint density at radius 3 is 2.44 bits per heavy atom. The zero-order valence-electron chi connectivity index (χ0n) is 23.2. The van der Waals surface area contributed by atoms with E-state index in [9.17, 15) is 18.4 Å². The van der Waals surface area contributed by atoms with Crippen LogP contribution in [0.25, 0.3) is 11.3 Å². The number of hydrogen-bond donors (Lipinski definition) is 1. The molecular weight excluding hydrogens is 524 g/mol. The third kappa shape index (κ3) is 5.64. The number of nitrogens with zero attached hydrogens (tertiary/aromatic N) is 4. The lowest BCUT2D eigenvalue weighted by atomic mass is 9.69. The first kappa shape index (κ1) is 27.6. The van der Waals surface area contributed by atoms with Gasteiger partial charge in [0.2, 0.25) is 0 Å². The van der Waals surface area contributed by atoms with E-state index in [2.05, 4.69) is 4.98 Å². The third-order valence-corrected chi connectivity index (χ3v) is 9.51. The second-order valence-electron chi connectivity index (χ2n) is 12.1. The second-order valence-corrected chi connectivity index (χ2v) is 12.1. The van der Waals surface area contributed by atoms with E-state index in [4.69, 9.17) is 5.73 Å². The van der Waals surface area contributed by atoms with Crippen LogP contribution in [0.1, 0.15) is 56.6 Å². The van der Waals surface area contributed by atoms with Gasteiger partial charge in [-0.3, -0.25) is 9.36 Å². The lowest BCUT2D eigenvalue weighted by Crippen LogP contribution is -2.56. The van der Waals surface area contributed by atoms with Gasteiger partial charge in [0, 0.05) is 49.9 Å². The lowest BCUT2D eigenvalue weighted by Gasteiger charge is -2.49. The van der Waals surface area contributed by atoms with E-state index in [1.54, 1.807) is 21.9 Å². The molecule has 3 aromatic rings. The zero-order valence-corrected chi connectivity index (χ0v) is 23.2. The highest BCUT2D eigenvalue weighted by Crippen LogP contribution is 2.49. The fourth-order valence-corrected chi connectivity index (χ4v) is 7.35. The predicted molar refractivity (Wildman–Crippen MR) is 153 cm³/mol. The number of piperidine rings is 2. The molecule has 3 heterocycles. The van der Waals surface area contributed by atoms with Crippen molar-refractivity contribution in [1.29, 1.82) is 0 Å². The fourth-order valence-electron chi connectivity index (χ4n) is 7.35. The summed E-state index contributed by atoms with van der Waals surface area (Å²) in [5.41, 5.74) is 8.13. The molecule has 9 heteroatoms. The number of likely N-dealkylation sites (tertiary alicyclic amines) is 2. The topological polar surface area (TPSA) is 84.5 Å². The van der Waals surface area contributed by atoms with Gasteiger partial charge in [0.1, 0.15) is 11.6 Å². The molecule has 1 saturated carbocycles. The van der Waals surface area contributed by atoms with E-state index in [0.29, 0.717) is 50.3 Å². The number of amides is 2. The predicted octanol–water partition coefficient (Wildman–Crippen LogP) is 5.36. The summed E-state index contributed by atoms with van der Waals surface area (Å²) in [6, 6.07) is 14.1. The van der Waals surface area contributed by atoms with Gasteiger partial charge in [-0.25, -0.2) is 18.6 Å². The molecule has 3 aliphatic rings. The number of carbonyl (C=O) groups excluding carboxylic acids is 1. The molecule has 2 aliphatic heterocycles. The minimum Gasteiger partial charge on any atom is -0.328 e. The first-order valence-corrected chi connectivity index (χ1v) is 14.7. The molecule has 6 rings (SSSR count). The molecule has 1 aromatic heterocycles. The van der Waals surface area contributed by atoms with Gasteiger partial charge in [-0.05, 0) is 61.1 Å². The van der Waals surface area contributed by atoms with Crippen molar-refractivity contribution < 1.29 is 13.6 Å². The highest BCUT2D eigenvalue weighted by Gasteiger charge is 2.47. The van der Waals surface area contributed by atoms with Crippen LogP contribution in [0.5, 0.6) is 0 Å². The molecular formula is C32H37F2N5O2. The van der Waals surface area contributed by atoms with Crippen LogP contribution in [-0.4, -0.2) is 51.1 Å². The molecule has 1 spiro atoms. The van der Waals surface area contributed by atoms with E-state index in [-0.39, 0.29) is 29.0 Å². The Morgan fingerprint density at radius 1 is 1.00 bits per heavy atom. The molecule has 1 aliphatic carbocycles. The Balaban J connectivity index is 1.20. The largest absolute Gasteiger partial charge is 0.328 e. The van der Waals surface area contributed by atoms with Crippen LogP contribution in [0.4, 0.5) is 13.6 Å². The van der Waals surface area contributed by atoms with Crippen LogP contribution in [0.15, 0.2) is 65.7 Å². The maximum atomic E-state index is 14.1. The maximum absolute atomic E-state index is 14.1. The van der Waals surface area contributed by atoms with Crippen LogP contribution in [0.2, 0.25) is 0 Å². The number of urea groups is 1. The highest BCUT2D eigenvalue weighted by molar-refractivity contribution is 5.75. The normalized spacial score (nSPS) is 24.1. The summed E-state index contributed by atoms with van der Waals surface area (Å²) in [7, 11) is 0. The number of hydrogen-bond acceptors (Lipinski definition) is 4. The van der Waals surface area contributed by atoms with Gasteiger partial charge in [0.25, 0.3) is 5.56 Å². The fraction of sp³-hybridized carbons (Fsp3) is 0.469. The first-order chi connectivity index (χ1) is 19.8. The Labute approximate surface area is 239 Å². The van der Waals surface area contributed by atoms with Crippen molar-refractivity contribution in [1.82, 2.24) is 19.4 Å². The molecule has 2 saturated heterocycles. The lowest BCUT2D eigenvalue weighted by molar-refractivity contribution is 0.0214. The minimum absolute atomic E-state index is 0.0691. The van der Waals surface area contributed by atoms with Crippen molar-refractivity contribution in [3.8, 4) is 11.3 Å². The minimum atomic E-state index is -0.654. The van der Waals surface area contributed by atoms with Crippen molar-refractivity contribution in [3.05, 3.63) is 88.5 Å². The van der Waals surface area contributed by atoms with Gasteiger partial charge in [-0.15, -0.1) is 0 Å². The summed E-state index contributed by atoms with van der Waals surface area (Å²) in [4.78, 5) is 35.4. The average Bonchev–Trinajstić information content (AvgIpc) is 3.43. The summed E-state index contributed by atoms with van der Waals surface area (Å²) in [5.74, 6) is -1.06. The van der Waals surface area contributed by atoms with E-state index in [0.717, 1.165) is 43.7 Å². The number of benzene rings is 2. The number of rotatable bonds is 4. The molecule has 41 heavy (non-hydrogen) atoms.